The van der Waals surface area contributed by atoms with E-state index < -0.39 is 0 Å². The largest absolute Gasteiger partial charge is 0.324 e. The third kappa shape index (κ3) is 5.17. The van der Waals surface area contributed by atoms with Gasteiger partial charge in [0.2, 0.25) is 5.91 Å². The van der Waals surface area contributed by atoms with Gasteiger partial charge in [-0.25, -0.2) is 0 Å². The molecular weight excluding hydrogens is 248 g/mol. The Morgan fingerprint density at radius 1 is 1.20 bits per heavy atom. The molecule has 1 rings (SSSR count). The van der Waals surface area contributed by atoms with Gasteiger partial charge in [-0.05, 0) is 52.8 Å². The van der Waals surface area contributed by atoms with E-state index in [1.54, 1.807) is 0 Å². The van der Waals surface area contributed by atoms with Gasteiger partial charge in [0, 0.05) is 12.2 Å². The van der Waals surface area contributed by atoms with E-state index >= 15 is 0 Å². The maximum absolute atomic E-state index is 12.1. The van der Waals surface area contributed by atoms with Crippen LogP contribution in [0.5, 0.6) is 0 Å². The predicted octanol–water partition coefficient (Wildman–Crippen LogP) is 3.45. The molecule has 1 aromatic rings. The van der Waals surface area contributed by atoms with Crippen LogP contribution in [0.25, 0.3) is 0 Å². The van der Waals surface area contributed by atoms with Crippen LogP contribution in [-0.4, -0.2) is 30.9 Å². The molecule has 0 bridgehead atoms. The molecule has 1 aromatic carbocycles. The molecule has 3 heteroatoms. The van der Waals surface area contributed by atoms with Crippen molar-refractivity contribution in [3.8, 4) is 0 Å². The van der Waals surface area contributed by atoms with Crippen molar-refractivity contribution in [2.24, 2.45) is 0 Å². The minimum absolute atomic E-state index is 0.0321. The van der Waals surface area contributed by atoms with Gasteiger partial charge in [0.05, 0.1) is 6.54 Å². The van der Waals surface area contributed by atoms with Crippen LogP contribution in [0.1, 0.15) is 30.5 Å². The molecule has 0 fully saturated rings. The zero-order chi connectivity index (χ0) is 15.3. The fraction of sp³-hybridized carbons (Fsp3) is 0.471. The van der Waals surface area contributed by atoms with Crippen molar-refractivity contribution in [3.05, 3.63) is 40.5 Å². The summed E-state index contributed by atoms with van der Waals surface area (Å²) in [5.74, 6) is 0.0321. The third-order valence-electron chi connectivity index (χ3n) is 3.17. The predicted molar refractivity (Wildman–Crippen MR) is 86.2 cm³/mol. The Bertz CT molecular complexity index is 491. The molecule has 0 aliphatic carbocycles. The molecule has 3 nitrogen and oxygen atoms in total. The second-order valence-electron chi connectivity index (χ2n) is 5.80. The average Bonchev–Trinajstić information content (AvgIpc) is 2.31. The van der Waals surface area contributed by atoms with Gasteiger partial charge in [0.1, 0.15) is 0 Å². The highest BCUT2D eigenvalue weighted by molar-refractivity contribution is 5.93. The van der Waals surface area contributed by atoms with E-state index in [2.05, 4.69) is 44.3 Å². The first-order valence-corrected chi connectivity index (χ1v) is 6.99. The molecule has 0 spiro atoms. The van der Waals surface area contributed by atoms with Gasteiger partial charge in [-0.1, -0.05) is 29.3 Å². The number of likely N-dealkylation sites (N-methyl/N-ethyl adjacent to an activating group) is 1. The van der Waals surface area contributed by atoms with Gasteiger partial charge in [-0.15, -0.1) is 0 Å². The number of aryl methyl sites for hydroxylation is 3. The molecule has 0 saturated heterocycles. The smallest absolute Gasteiger partial charge is 0.238 e. The monoisotopic (exact) mass is 274 g/mol. The molecule has 20 heavy (non-hydrogen) atoms. The van der Waals surface area contributed by atoms with Crippen LogP contribution in [-0.2, 0) is 4.79 Å². The normalized spacial score (nSPS) is 10.6. The summed E-state index contributed by atoms with van der Waals surface area (Å²) in [7, 11) is 1.95. The summed E-state index contributed by atoms with van der Waals surface area (Å²) in [5.41, 5.74) is 5.66. The van der Waals surface area contributed by atoms with Crippen LogP contribution >= 0.6 is 0 Å². The summed E-state index contributed by atoms with van der Waals surface area (Å²) in [6.07, 6.45) is 2.12. The average molecular weight is 274 g/mol. The van der Waals surface area contributed by atoms with Crippen molar-refractivity contribution >= 4 is 11.6 Å². The lowest BCUT2D eigenvalue weighted by molar-refractivity contribution is -0.116. The minimum Gasteiger partial charge on any atom is -0.324 e. The number of rotatable bonds is 5. The number of amides is 1. The van der Waals surface area contributed by atoms with E-state index in [1.165, 1.54) is 11.1 Å². The topological polar surface area (TPSA) is 32.3 Å². The van der Waals surface area contributed by atoms with E-state index in [-0.39, 0.29) is 5.91 Å². The van der Waals surface area contributed by atoms with Crippen molar-refractivity contribution in [1.29, 1.82) is 0 Å². The third-order valence-corrected chi connectivity index (χ3v) is 3.17. The summed E-state index contributed by atoms with van der Waals surface area (Å²) in [4.78, 5) is 14.1. The summed E-state index contributed by atoms with van der Waals surface area (Å²) in [6, 6.07) is 4.19. The van der Waals surface area contributed by atoms with Crippen molar-refractivity contribution in [2.45, 2.75) is 34.6 Å². The molecule has 0 atom stereocenters. The summed E-state index contributed by atoms with van der Waals surface area (Å²) >= 11 is 0. The zero-order valence-electron chi connectivity index (χ0n) is 13.5. The Balaban J connectivity index is 2.65. The molecule has 1 N–H and O–H groups in total. The van der Waals surface area contributed by atoms with Crippen molar-refractivity contribution in [1.82, 2.24) is 4.90 Å². The number of carbonyl (C=O) groups excluding carboxylic acids is 1. The highest BCUT2D eigenvalue weighted by atomic mass is 16.2. The number of hydrogen-bond donors (Lipinski definition) is 1. The minimum atomic E-state index is 0.0321. The molecular formula is C17H26N2O. The van der Waals surface area contributed by atoms with Crippen molar-refractivity contribution in [3.63, 3.8) is 0 Å². The molecule has 0 aliphatic rings. The second kappa shape index (κ2) is 7.25. The van der Waals surface area contributed by atoms with Gasteiger partial charge in [-0.3, -0.25) is 9.69 Å². The number of hydrogen-bond acceptors (Lipinski definition) is 2. The highest BCUT2D eigenvalue weighted by Crippen LogP contribution is 2.21. The lowest BCUT2D eigenvalue weighted by atomic mass is 10.1. The SMILES string of the molecule is CC(C)=CCN(C)CC(=O)Nc1c(C)cc(C)cc1C. The first-order valence-electron chi connectivity index (χ1n) is 6.99. The van der Waals surface area contributed by atoms with E-state index in [0.29, 0.717) is 6.54 Å². The Labute approximate surface area is 122 Å². The highest BCUT2D eigenvalue weighted by Gasteiger charge is 2.10. The van der Waals surface area contributed by atoms with Crippen LogP contribution < -0.4 is 5.32 Å². The molecule has 110 valence electrons. The number of nitrogens with one attached hydrogen (secondary N) is 1. The number of anilines is 1. The lowest BCUT2D eigenvalue weighted by Crippen LogP contribution is -2.30. The zero-order valence-corrected chi connectivity index (χ0v) is 13.5. The van der Waals surface area contributed by atoms with Crippen molar-refractivity contribution < 1.29 is 4.79 Å². The fourth-order valence-electron chi connectivity index (χ4n) is 2.20. The van der Waals surface area contributed by atoms with Crippen LogP contribution in [0.3, 0.4) is 0 Å². The van der Waals surface area contributed by atoms with Gasteiger partial charge in [0.15, 0.2) is 0 Å². The van der Waals surface area contributed by atoms with Crippen LogP contribution in [0, 0.1) is 20.8 Å². The second-order valence-corrected chi connectivity index (χ2v) is 5.80. The quantitative estimate of drug-likeness (QED) is 0.834. The molecule has 0 aromatic heterocycles. The molecule has 0 aliphatic heterocycles. The Morgan fingerprint density at radius 3 is 2.25 bits per heavy atom. The molecule has 0 heterocycles. The maximum atomic E-state index is 12.1. The van der Waals surface area contributed by atoms with Gasteiger partial charge in [0.25, 0.3) is 0 Å². The molecule has 0 unspecified atom stereocenters. The van der Waals surface area contributed by atoms with Crippen LogP contribution in [0.2, 0.25) is 0 Å². The van der Waals surface area contributed by atoms with Crippen molar-refractivity contribution in [2.75, 3.05) is 25.5 Å². The Morgan fingerprint density at radius 2 is 1.75 bits per heavy atom. The first-order chi connectivity index (χ1) is 9.29. The lowest BCUT2D eigenvalue weighted by Gasteiger charge is -2.17. The van der Waals surface area contributed by atoms with Crippen LogP contribution in [0.4, 0.5) is 5.69 Å². The summed E-state index contributed by atoms with van der Waals surface area (Å²) in [5, 5.41) is 3.02. The fourth-order valence-corrected chi connectivity index (χ4v) is 2.20. The van der Waals surface area contributed by atoms with Gasteiger partial charge < -0.3 is 5.32 Å². The Kier molecular flexibility index (Phi) is 5.96. The van der Waals surface area contributed by atoms with Gasteiger partial charge in [-0.2, -0.15) is 0 Å². The maximum Gasteiger partial charge on any atom is 0.238 e. The molecule has 0 saturated carbocycles. The number of nitrogens with zero attached hydrogens (tertiary/aromatic N) is 1. The first kappa shape index (κ1) is 16.4. The number of allylic oxidation sites excluding steroid dienone is 1. The number of benzene rings is 1. The van der Waals surface area contributed by atoms with E-state index in [0.717, 1.165) is 23.4 Å². The number of carbonyl (C=O) groups is 1. The summed E-state index contributed by atoms with van der Waals surface area (Å²) < 4.78 is 0. The Hall–Kier alpha value is -1.61. The van der Waals surface area contributed by atoms with E-state index in [1.807, 2.05) is 25.8 Å². The van der Waals surface area contributed by atoms with Gasteiger partial charge >= 0.3 is 0 Å². The molecule has 1 amide bonds. The van der Waals surface area contributed by atoms with E-state index in [4.69, 9.17) is 0 Å². The summed E-state index contributed by atoms with van der Waals surface area (Å²) in [6.45, 7) is 11.4. The standard InChI is InChI=1S/C17H26N2O/c1-12(2)7-8-19(6)11-16(20)18-17-14(4)9-13(3)10-15(17)5/h7,9-10H,8,11H2,1-6H3,(H,18,20). The van der Waals surface area contributed by atoms with Crippen LogP contribution in [0.15, 0.2) is 23.8 Å². The van der Waals surface area contributed by atoms with E-state index in [9.17, 15) is 4.79 Å². The molecule has 0 radical (unpaired) electrons.